The number of fused-ring (bicyclic) bond motifs is 1. The number of alkyl halides is 3. The summed E-state index contributed by atoms with van der Waals surface area (Å²) in [5.41, 5.74) is 1.50. The van der Waals surface area contributed by atoms with Crippen LogP contribution in [0.2, 0.25) is 5.15 Å². The minimum atomic E-state index is -4.56. The molecule has 155 valence electrons. The van der Waals surface area contributed by atoms with E-state index < -0.39 is 17.8 Å². The van der Waals surface area contributed by atoms with Crippen molar-refractivity contribution in [3.05, 3.63) is 63.0 Å². The van der Waals surface area contributed by atoms with E-state index in [9.17, 15) is 13.2 Å². The standard InChI is InChI=1S/C20H16ClF3N5S/c21-17-16(15-13(3-6-26-15)19-27-7-8-30-19)28-18-14(20(22,23)24)9-12(10-29(17)18)11-1-4-25-5-2-11/h1,3,7-10,15,25H,2,4-6H2. The number of hydrogen-bond acceptors (Lipinski definition) is 4. The second kappa shape index (κ2) is 7.49. The van der Waals surface area contributed by atoms with Gasteiger partial charge in [-0.3, -0.25) is 4.40 Å². The topological polar surface area (TPSA) is 56.3 Å². The predicted octanol–water partition coefficient (Wildman–Crippen LogP) is 4.58. The molecule has 1 N–H and O–H groups in total. The fourth-order valence-electron chi connectivity index (χ4n) is 3.85. The van der Waals surface area contributed by atoms with E-state index in [2.05, 4.69) is 20.6 Å². The van der Waals surface area contributed by atoms with Gasteiger partial charge in [-0.25, -0.2) is 15.3 Å². The molecule has 2 aliphatic rings. The van der Waals surface area contributed by atoms with Gasteiger partial charge >= 0.3 is 6.18 Å². The molecule has 10 heteroatoms. The molecule has 5 rings (SSSR count). The number of aromatic nitrogens is 3. The highest BCUT2D eigenvalue weighted by molar-refractivity contribution is 7.10. The van der Waals surface area contributed by atoms with Gasteiger partial charge in [0.05, 0.1) is 11.6 Å². The molecule has 5 nitrogen and oxygen atoms in total. The third-order valence-electron chi connectivity index (χ3n) is 5.26. The number of nitrogens with one attached hydrogen (secondary N) is 1. The first kappa shape index (κ1) is 19.7. The maximum absolute atomic E-state index is 13.9. The SMILES string of the molecule is FC(F)(F)c1cc(C2=CCNCC2)cn2c(Cl)c(C3[N]CC=C3c3nccs3)nc12. The fraction of sp³-hybridized carbons (Fsp3) is 0.300. The molecule has 0 saturated carbocycles. The van der Waals surface area contributed by atoms with Crippen LogP contribution in [0.5, 0.6) is 0 Å². The molecule has 1 radical (unpaired) electrons. The van der Waals surface area contributed by atoms with E-state index in [1.54, 1.807) is 12.4 Å². The quantitative estimate of drug-likeness (QED) is 0.635. The van der Waals surface area contributed by atoms with Crippen LogP contribution in [0.25, 0.3) is 16.8 Å². The zero-order valence-electron chi connectivity index (χ0n) is 15.6. The molecule has 0 bridgehead atoms. The molecule has 30 heavy (non-hydrogen) atoms. The van der Waals surface area contributed by atoms with Crippen LogP contribution in [-0.4, -0.2) is 34.0 Å². The second-order valence-corrected chi connectivity index (χ2v) is 8.32. The predicted molar refractivity (Wildman–Crippen MR) is 111 cm³/mol. The van der Waals surface area contributed by atoms with Crippen LogP contribution in [0.15, 0.2) is 36.0 Å². The van der Waals surface area contributed by atoms with Crippen LogP contribution in [0, 0.1) is 0 Å². The van der Waals surface area contributed by atoms with E-state index in [4.69, 9.17) is 11.6 Å². The van der Waals surface area contributed by atoms with Crippen LogP contribution in [0.1, 0.15) is 34.3 Å². The lowest BCUT2D eigenvalue weighted by atomic mass is 10.0. The van der Waals surface area contributed by atoms with Crippen molar-refractivity contribution in [3.8, 4) is 0 Å². The number of hydrogen-bond donors (Lipinski definition) is 1. The first-order chi connectivity index (χ1) is 14.4. The van der Waals surface area contributed by atoms with Gasteiger partial charge in [0.25, 0.3) is 0 Å². The van der Waals surface area contributed by atoms with E-state index in [0.717, 1.165) is 22.7 Å². The monoisotopic (exact) mass is 450 g/mol. The van der Waals surface area contributed by atoms with Gasteiger partial charge in [0, 0.05) is 36.4 Å². The molecule has 2 aliphatic heterocycles. The lowest BCUT2D eigenvalue weighted by Crippen LogP contribution is -2.20. The third-order valence-corrected chi connectivity index (χ3v) is 6.46. The summed E-state index contributed by atoms with van der Waals surface area (Å²) in [6.07, 6.45) is 3.24. The van der Waals surface area contributed by atoms with Gasteiger partial charge in [-0.15, -0.1) is 11.3 Å². The van der Waals surface area contributed by atoms with Gasteiger partial charge in [0.1, 0.15) is 15.9 Å². The van der Waals surface area contributed by atoms with Crippen LogP contribution < -0.4 is 10.6 Å². The smallest absolute Gasteiger partial charge is 0.313 e. The number of rotatable bonds is 3. The van der Waals surface area contributed by atoms with Gasteiger partial charge < -0.3 is 5.32 Å². The summed E-state index contributed by atoms with van der Waals surface area (Å²) >= 11 is 8.04. The van der Waals surface area contributed by atoms with Gasteiger partial charge in [0.2, 0.25) is 0 Å². The summed E-state index contributed by atoms with van der Waals surface area (Å²) in [6.45, 7) is 1.79. The molecule has 0 spiro atoms. The minimum absolute atomic E-state index is 0.144. The van der Waals surface area contributed by atoms with Crippen LogP contribution >= 0.6 is 22.9 Å². The molecular formula is C20H16ClF3N5S. The van der Waals surface area contributed by atoms with Crippen molar-refractivity contribution < 1.29 is 13.2 Å². The van der Waals surface area contributed by atoms with Gasteiger partial charge in [0.15, 0.2) is 5.65 Å². The number of nitrogens with zero attached hydrogens (tertiary/aromatic N) is 4. The Morgan fingerprint density at radius 3 is 2.83 bits per heavy atom. The van der Waals surface area contributed by atoms with Crippen LogP contribution in [0.3, 0.4) is 0 Å². The molecule has 5 heterocycles. The molecule has 0 saturated heterocycles. The third kappa shape index (κ3) is 3.35. The average molecular weight is 451 g/mol. The van der Waals surface area contributed by atoms with Crippen LogP contribution in [-0.2, 0) is 6.18 Å². The molecule has 1 unspecified atom stereocenters. The van der Waals surface area contributed by atoms with E-state index in [1.165, 1.54) is 21.8 Å². The van der Waals surface area contributed by atoms with Crippen molar-refractivity contribution in [1.82, 2.24) is 25.0 Å². The first-order valence-electron chi connectivity index (χ1n) is 9.39. The number of imidazole rings is 1. The van der Waals surface area contributed by atoms with Crippen molar-refractivity contribution in [2.24, 2.45) is 0 Å². The zero-order valence-corrected chi connectivity index (χ0v) is 17.2. The summed E-state index contributed by atoms with van der Waals surface area (Å²) < 4.78 is 43.1. The minimum Gasteiger partial charge on any atom is -0.313 e. The molecule has 0 aliphatic carbocycles. The summed E-state index contributed by atoms with van der Waals surface area (Å²) in [5.74, 6) is 0. The summed E-state index contributed by atoms with van der Waals surface area (Å²) in [5, 5.41) is 10.4. The molecule has 3 aromatic rings. The van der Waals surface area contributed by atoms with E-state index in [0.29, 0.717) is 30.8 Å². The molecule has 3 aromatic heterocycles. The Kier molecular flexibility index (Phi) is 4.93. The Morgan fingerprint density at radius 2 is 2.13 bits per heavy atom. The van der Waals surface area contributed by atoms with Crippen molar-refractivity contribution in [3.63, 3.8) is 0 Å². The van der Waals surface area contributed by atoms with E-state index in [-0.39, 0.29) is 10.8 Å². The normalized spacial score (nSPS) is 19.9. The highest BCUT2D eigenvalue weighted by Crippen LogP contribution is 2.41. The summed E-state index contributed by atoms with van der Waals surface area (Å²) in [4.78, 5) is 8.64. The van der Waals surface area contributed by atoms with Crippen molar-refractivity contribution in [1.29, 1.82) is 0 Å². The Hall–Kier alpha value is -2.20. The Bertz CT molecular complexity index is 1160. The molecule has 1 atom stereocenters. The number of thiazole rings is 1. The second-order valence-electron chi connectivity index (χ2n) is 7.07. The Morgan fingerprint density at radius 1 is 1.27 bits per heavy atom. The fourth-order valence-corrected chi connectivity index (χ4v) is 4.83. The molecular weight excluding hydrogens is 435 g/mol. The van der Waals surface area contributed by atoms with E-state index in [1.807, 2.05) is 17.5 Å². The lowest BCUT2D eigenvalue weighted by Gasteiger charge is -2.17. The van der Waals surface area contributed by atoms with Crippen molar-refractivity contribution >= 4 is 39.7 Å². The highest BCUT2D eigenvalue weighted by Gasteiger charge is 2.37. The molecule has 0 fully saturated rings. The average Bonchev–Trinajstić information content (AvgIpc) is 3.47. The first-order valence-corrected chi connectivity index (χ1v) is 10.6. The zero-order chi connectivity index (χ0) is 20.9. The maximum atomic E-state index is 13.9. The Labute approximate surface area is 179 Å². The maximum Gasteiger partial charge on any atom is 0.420 e. The van der Waals surface area contributed by atoms with Crippen LogP contribution in [0.4, 0.5) is 13.2 Å². The van der Waals surface area contributed by atoms with Crippen molar-refractivity contribution in [2.75, 3.05) is 19.6 Å². The van der Waals surface area contributed by atoms with Gasteiger partial charge in [-0.1, -0.05) is 23.8 Å². The number of halogens is 4. The van der Waals surface area contributed by atoms with E-state index >= 15 is 0 Å². The summed E-state index contributed by atoms with van der Waals surface area (Å²) in [6, 6.07) is 0.634. The van der Waals surface area contributed by atoms with Gasteiger partial charge in [-0.2, -0.15) is 13.2 Å². The summed E-state index contributed by atoms with van der Waals surface area (Å²) in [7, 11) is 0. The molecule has 0 aromatic carbocycles. The van der Waals surface area contributed by atoms with Crippen molar-refractivity contribution in [2.45, 2.75) is 18.6 Å². The molecule has 0 amide bonds. The van der Waals surface area contributed by atoms with Gasteiger partial charge in [-0.05, 0) is 30.2 Å². The number of pyridine rings is 1. The Balaban J connectivity index is 1.68. The lowest BCUT2D eigenvalue weighted by molar-refractivity contribution is -0.136. The largest absolute Gasteiger partial charge is 0.420 e. The highest BCUT2D eigenvalue weighted by atomic mass is 35.5.